The number of amides is 2. The number of likely N-dealkylation sites (tertiary alicyclic amines) is 1. The molecule has 120 valence electrons. The van der Waals surface area contributed by atoms with Crippen molar-refractivity contribution in [3.8, 4) is 0 Å². The van der Waals surface area contributed by atoms with Crippen molar-refractivity contribution in [2.24, 2.45) is 29.6 Å². The molecule has 0 bridgehead atoms. The van der Waals surface area contributed by atoms with Crippen molar-refractivity contribution in [1.29, 1.82) is 0 Å². The minimum Gasteiger partial charge on any atom is -0.381 e. The summed E-state index contributed by atoms with van der Waals surface area (Å²) in [6.45, 7) is 3.54. The van der Waals surface area contributed by atoms with Crippen LogP contribution in [0.5, 0.6) is 0 Å². The van der Waals surface area contributed by atoms with Gasteiger partial charge in [0.15, 0.2) is 0 Å². The summed E-state index contributed by atoms with van der Waals surface area (Å²) < 4.78 is 5.37. The fourth-order valence-corrected chi connectivity index (χ4v) is 4.70. The maximum atomic E-state index is 12.7. The molecule has 2 amide bonds. The van der Waals surface area contributed by atoms with Gasteiger partial charge in [0.05, 0.1) is 19.1 Å². The predicted molar refractivity (Wildman–Crippen MR) is 83.6 cm³/mol. The van der Waals surface area contributed by atoms with Crippen LogP contribution in [-0.4, -0.2) is 49.6 Å². The number of hydrogen-bond donors (Lipinski definition) is 0. The lowest BCUT2D eigenvalue weighted by Crippen LogP contribution is -2.37. The van der Waals surface area contributed by atoms with Crippen LogP contribution in [0.2, 0.25) is 0 Å². The number of carbonyl (C=O) groups is 2. The van der Waals surface area contributed by atoms with Crippen LogP contribution in [0.25, 0.3) is 0 Å². The number of rotatable bonds is 2. The number of anilines is 1. The Labute approximate surface area is 135 Å². The fraction of sp³-hybridized carbons (Fsp3) is 0.556. The summed E-state index contributed by atoms with van der Waals surface area (Å²) >= 11 is 0. The summed E-state index contributed by atoms with van der Waals surface area (Å²) in [6.07, 6.45) is 0. The van der Waals surface area contributed by atoms with E-state index < -0.39 is 0 Å². The van der Waals surface area contributed by atoms with E-state index in [1.807, 2.05) is 40.1 Å². The van der Waals surface area contributed by atoms with Gasteiger partial charge in [-0.1, -0.05) is 18.2 Å². The van der Waals surface area contributed by atoms with E-state index in [2.05, 4.69) is 0 Å². The highest BCUT2D eigenvalue weighted by molar-refractivity contribution is 5.98. The van der Waals surface area contributed by atoms with Gasteiger partial charge in [0.1, 0.15) is 0 Å². The molecule has 5 nitrogen and oxygen atoms in total. The highest BCUT2D eigenvalue weighted by Crippen LogP contribution is 2.52. The Morgan fingerprint density at radius 2 is 1.78 bits per heavy atom. The van der Waals surface area contributed by atoms with Crippen molar-refractivity contribution in [3.05, 3.63) is 30.3 Å². The number of ether oxygens (including phenoxy) is 1. The Morgan fingerprint density at radius 1 is 1.04 bits per heavy atom. The van der Waals surface area contributed by atoms with Gasteiger partial charge >= 0.3 is 0 Å². The molecule has 5 rings (SSSR count). The van der Waals surface area contributed by atoms with Crippen LogP contribution < -0.4 is 4.90 Å². The summed E-state index contributed by atoms with van der Waals surface area (Å²) in [5.41, 5.74) is 0.971. The lowest BCUT2D eigenvalue weighted by molar-refractivity contribution is -0.133. The van der Waals surface area contributed by atoms with Crippen molar-refractivity contribution in [2.75, 3.05) is 37.7 Å². The lowest BCUT2D eigenvalue weighted by Gasteiger charge is -2.22. The van der Waals surface area contributed by atoms with Gasteiger partial charge in [0.25, 0.3) is 0 Å². The third kappa shape index (κ3) is 1.96. The average molecular weight is 312 g/mol. The largest absolute Gasteiger partial charge is 0.381 e. The second-order valence-corrected chi connectivity index (χ2v) is 7.29. The van der Waals surface area contributed by atoms with E-state index in [1.54, 1.807) is 0 Å². The normalized spacial score (nSPS) is 37.9. The summed E-state index contributed by atoms with van der Waals surface area (Å²) in [4.78, 5) is 29.2. The molecule has 5 heteroatoms. The molecule has 0 spiro atoms. The second-order valence-electron chi connectivity index (χ2n) is 7.29. The minimum atomic E-state index is -0.0194. The van der Waals surface area contributed by atoms with E-state index in [9.17, 15) is 9.59 Å². The van der Waals surface area contributed by atoms with Gasteiger partial charge in [-0.25, -0.2) is 0 Å². The van der Waals surface area contributed by atoms with E-state index in [0.717, 1.165) is 32.0 Å². The molecule has 3 saturated heterocycles. The molecule has 4 fully saturated rings. The van der Waals surface area contributed by atoms with Crippen LogP contribution in [0.4, 0.5) is 5.69 Å². The zero-order valence-corrected chi connectivity index (χ0v) is 12.9. The van der Waals surface area contributed by atoms with E-state index in [1.165, 1.54) is 0 Å². The van der Waals surface area contributed by atoms with Crippen LogP contribution in [-0.2, 0) is 14.3 Å². The Bertz CT molecular complexity index is 651. The third-order valence-electron chi connectivity index (χ3n) is 6.06. The first-order chi connectivity index (χ1) is 11.2. The fourth-order valence-electron chi connectivity index (χ4n) is 4.70. The van der Waals surface area contributed by atoms with E-state index in [-0.39, 0.29) is 29.6 Å². The molecular weight excluding hydrogens is 292 g/mol. The van der Waals surface area contributed by atoms with Crippen molar-refractivity contribution in [3.63, 3.8) is 0 Å². The molecule has 0 aromatic heterocycles. The molecule has 0 N–H and O–H groups in total. The molecule has 3 heterocycles. The summed E-state index contributed by atoms with van der Waals surface area (Å²) in [5, 5.41) is 0. The molecular formula is C18H20N2O3. The van der Waals surface area contributed by atoms with E-state index >= 15 is 0 Å². The van der Waals surface area contributed by atoms with Gasteiger partial charge in [0.2, 0.25) is 11.8 Å². The van der Waals surface area contributed by atoms with Crippen molar-refractivity contribution >= 4 is 17.5 Å². The molecule has 3 aliphatic heterocycles. The lowest BCUT2D eigenvalue weighted by atomic mass is 10.0. The molecule has 1 unspecified atom stereocenters. The van der Waals surface area contributed by atoms with Gasteiger partial charge in [-0.05, 0) is 24.0 Å². The van der Waals surface area contributed by atoms with E-state index in [0.29, 0.717) is 18.4 Å². The molecule has 1 aliphatic carbocycles. The van der Waals surface area contributed by atoms with Gasteiger partial charge in [0, 0.05) is 37.2 Å². The maximum absolute atomic E-state index is 12.7. The predicted octanol–water partition coefficient (Wildman–Crippen LogP) is 1.00. The smallest absolute Gasteiger partial charge is 0.232 e. The first-order valence-electron chi connectivity index (χ1n) is 8.47. The number of nitrogens with zero attached hydrogens (tertiary/aromatic N) is 2. The van der Waals surface area contributed by atoms with Crippen LogP contribution in [0.15, 0.2) is 30.3 Å². The van der Waals surface area contributed by atoms with Gasteiger partial charge in [-0.3, -0.25) is 9.59 Å². The molecule has 1 aromatic rings. The molecule has 4 aliphatic rings. The number of hydrogen-bond acceptors (Lipinski definition) is 3. The standard InChI is InChI=1S/C18H20N2O3/c21-17-13-8-19(18(22)16-14-9-23-10-15(14)16)6-11(13)7-20(17)12-4-2-1-3-5-12/h1-5,11,13-16H,6-10H2/t11-,13-,14-,15+,16?/m0/s1. The number of para-hydroxylation sites is 1. The van der Waals surface area contributed by atoms with Crippen molar-refractivity contribution in [1.82, 2.24) is 4.90 Å². The Morgan fingerprint density at radius 3 is 2.48 bits per heavy atom. The van der Waals surface area contributed by atoms with E-state index in [4.69, 9.17) is 4.74 Å². The van der Waals surface area contributed by atoms with Gasteiger partial charge in [-0.2, -0.15) is 0 Å². The van der Waals surface area contributed by atoms with Crippen LogP contribution in [0.3, 0.4) is 0 Å². The average Bonchev–Trinajstić information content (AvgIpc) is 2.95. The maximum Gasteiger partial charge on any atom is 0.232 e. The first-order valence-corrected chi connectivity index (χ1v) is 8.47. The Balaban J connectivity index is 1.27. The molecule has 1 aromatic carbocycles. The Kier molecular flexibility index (Phi) is 2.83. The molecule has 5 atom stereocenters. The first kappa shape index (κ1) is 13.5. The SMILES string of the molecule is O=C(C1[C@H]2COC[C@@H]12)N1C[C@H]2CN(c3ccccc3)C(=O)[C@H]2C1. The summed E-state index contributed by atoms with van der Waals surface area (Å²) in [7, 11) is 0. The van der Waals surface area contributed by atoms with Crippen molar-refractivity contribution < 1.29 is 14.3 Å². The third-order valence-corrected chi connectivity index (χ3v) is 6.06. The minimum absolute atomic E-state index is 0.0194. The zero-order chi connectivity index (χ0) is 15.6. The van der Waals surface area contributed by atoms with Crippen LogP contribution >= 0.6 is 0 Å². The molecule has 1 saturated carbocycles. The number of fused-ring (bicyclic) bond motifs is 2. The highest BCUT2D eigenvalue weighted by Gasteiger charge is 2.60. The van der Waals surface area contributed by atoms with Crippen molar-refractivity contribution in [2.45, 2.75) is 0 Å². The number of carbonyl (C=O) groups excluding carboxylic acids is 2. The molecule has 0 radical (unpaired) electrons. The van der Waals surface area contributed by atoms with Crippen LogP contribution in [0, 0.1) is 29.6 Å². The van der Waals surface area contributed by atoms with Gasteiger partial charge in [-0.15, -0.1) is 0 Å². The molecule has 23 heavy (non-hydrogen) atoms. The summed E-state index contributed by atoms with van der Waals surface area (Å²) in [6, 6.07) is 9.84. The Hall–Kier alpha value is -1.88. The summed E-state index contributed by atoms with van der Waals surface area (Å²) in [5.74, 6) is 1.75. The van der Waals surface area contributed by atoms with Crippen LogP contribution in [0.1, 0.15) is 0 Å². The second kappa shape index (κ2) is 4.81. The highest BCUT2D eigenvalue weighted by atomic mass is 16.5. The van der Waals surface area contributed by atoms with Gasteiger partial charge < -0.3 is 14.5 Å². The monoisotopic (exact) mass is 312 g/mol. The number of benzene rings is 1. The zero-order valence-electron chi connectivity index (χ0n) is 12.9. The quantitative estimate of drug-likeness (QED) is 0.819. The topological polar surface area (TPSA) is 49.9 Å².